The summed E-state index contributed by atoms with van der Waals surface area (Å²) in [5.74, 6) is -7.08. The highest BCUT2D eigenvalue weighted by Crippen LogP contribution is 2.20. The van der Waals surface area contributed by atoms with Crippen LogP contribution in [0.15, 0.2) is 24.3 Å². The summed E-state index contributed by atoms with van der Waals surface area (Å²) in [5, 5.41) is 0. The second-order valence-electron chi connectivity index (χ2n) is 9.32. The van der Waals surface area contributed by atoms with Gasteiger partial charge in [-0.1, -0.05) is 40.9 Å². The normalized spacial score (nSPS) is 11.8. The third kappa shape index (κ3) is 15.9. The van der Waals surface area contributed by atoms with Gasteiger partial charge in [-0.3, -0.25) is 19.2 Å². The molecule has 0 aliphatic carbocycles. The van der Waals surface area contributed by atoms with E-state index in [9.17, 15) is 28.8 Å². The van der Waals surface area contributed by atoms with E-state index in [1.165, 1.54) is 0 Å². The predicted molar refractivity (Wildman–Crippen MR) is 151 cm³/mol. The summed E-state index contributed by atoms with van der Waals surface area (Å²) in [6.45, 7) is 14.9. The van der Waals surface area contributed by atoms with Crippen molar-refractivity contribution in [3.05, 3.63) is 24.3 Å². The summed E-state index contributed by atoms with van der Waals surface area (Å²) in [5.41, 5.74) is -0.462. The number of hydrogen-bond donors (Lipinski definition) is 0. The first-order chi connectivity index (χ1) is 20.0. The van der Waals surface area contributed by atoms with Crippen molar-refractivity contribution in [1.82, 2.24) is 0 Å². The lowest BCUT2D eigenvalue weighted by Crippen LogP contribution is -2.28. The molecule has 0 aliphatic heterocycles. The quantitative estimate of drug-likeness (QED) is 0.0726. The van der Waals surface area contributed by atoms with Crippen LogP contribution in [0.4, 0.5) is 0 Å². The lowest BCUT2D eigenvalue weighted by atomic mass is 9.97. The van der Waals surface area contributed by atoms with Crippen molar-refractivity contribution in [3.8, 4) is 0 Å². The van der Waals surface area contributed by atoms with Gasteiger partial charge in [-0.05, 0) is 38.5 Å². The molecule has 0 rings (SSSR count). The van der Waals surface area contributed by atoms with Crippen molar-refractivity contribution in [2.75, 3.05) is 39.6 Å². The van der Waals surface area contributed by atoms with Crippen molar-refractivity contribution >= 4 is 35.8 Å². The van der Waals surface area contributed by atoms with Crippen molar-refractivity contribution in [1.29, 1.82) is 0 Å². The fraction of sp³-hybridized carbons (Fsp3) is 0.667. The Morgan fingerprint density at radius 1 is 0.476 bits per heavy atom. The van der Waals surface area contributed by atoms with Crippen LogP contribution in [0, 0.1) is 11.8 Å². The number of carbonyl (C=O) groups excluding carboxylic acids is 6. The molecule has 0 N–H and O–H groups in total. The van der Waals surface area contributed by atoms with Crippen LogP contribution in [0.3, 0.4) is 0 Å². The molecule has 0 aromatic carbocycles. The SMILES string of the molecule is C=C(C(=O)OCCCCOC(=O)C(=C)C(CC(=O)OCCC)C(=O)OCCC)C(CC(=O)OCCC)C(=O)OCCC. The zero-order valence-corrected chi connectivity index (χ0v) is 25.4. The molecule has 0 saturated heterocycles. The Morgan fingerprint density at radius 3 is 1.10 bits per heavy atom. The van der Waals surface area contributed by atoms with Gasteiger partial charge in [-0.15, -0.1) is 0 Å². The smallest absolute Gasteiger partial charge is 0.334 e. The molecule has 0 saturated carbocycles. The van der Waals surface area contributed by atoms with Crippen molar-refractivity contribution in [2.45, 2.75) is 79.1 Å². The van der Waals surface area contributed by atoms with Crippen LogP contribution in [0.2, 0.25) is 0 Å². The molecular weight excluding hydrogens is 552 g/mol. The van der Waals surface area contributed by atoms with E-state index in [0.717, 1.165) is 0 Å². The molecule has 0 spiro atoms. The second kappa shape index (κ2) is 22.9. The van der Waals surface area contributed by atoms with Gasteiger partial charge in [0.05, 0.1) is 64.3 Å². The Kier molecular flexibility index (Phi) is 20.9. The fourth-order valence-corrected chi connectivity index (χ4v) is 3.19. The van der Waals surface area contributed by atoms with Crippen LogP contribution in [-0.4, -0.2) is 75.5 Å². The van der Waals surface area contributed by atoms with E-state index in [1.807, 2.05) is 13.8 Å². The highest BCUT2D eigenvalue weighted by atomic mass is 16.6. The number of esters is 6. The van der Waals surface area contributed by atoms with Gasteiger partial charge in [-0.2, -0.15) is 0 Å². The van der Waals surface area contributed by atoms with Gasteiger partial charge in [0, 0.05) is 11.1 Å². The van der Waals surface area contributed by atoms with E-state index < -0.39 is 60.5 Å². The average Bonchev–Trinajstić information content (AvgIpc) is 2.98. The fourth-order valence-electron chi connectivity index (χ4n) is 3.19. The Balaban J connectivity index is 4.84. The Labute approximate surface area is 248 Å². The van der Waals surface area contributed by atoms with Crippen molar-refractivity contribution < 1.29 is 57.2 Å². The number of ether oxygens (including phenoxy) is 6. The molecule has 0 aliphatic rings. The van der Waals surface area contributed by atoms with Gasteiger partial charge in [0.15, 0.2) is 0 Å². The largest absolute Gasteiger partial charge is 0.466 e. The van der Waals surface area contributed by atoms with Gasteiger partial charge in [0.1, 0.15) is 0 Å². The first kappa shape index (κ1) is 38.3. The highest BCUT2D eigenvalue weighted by molar-refractivity contribution is 5.97. The van der Waals surface area contributed by atoms with Crippen LogP contribution in [0.5, 0.6) is 0 Å². The third-order valence-corrected chi connectivity index (χ3v) is 5.51. The van der Waals surface area contributed by atoms with Gasteiger partial charge < -0.3 is 28.4 Å². The molecule has 0 aromatic heterocycles. The molecule has 2 unspecified atom stereocenters. The van der Waals surface area contributed by atoms with Gasteiger partial charge in [-0.25, -0.2) is 9.59 Å². The second-order valence-corrected chi connectivity index (χ2v) is 9.32. The summed E-state index contributed by atoms with van der Waals surface area (Å²) in [6.07, 6.45) is 2.08. The molecule has 12 nitrogen and oxygen atoms in total. The first-order valence-electron chi connectivity index (χ1n) is 14.4. The maximum Gasteiger partial charge on any atom is 0.334 e. The van der Waals surface area contributed by atoms with Gasteiger partial charge in [0.25, 0.3) is 0 Å². The van der Waals surface area contributed by atoms with E-state index in [1.54, 1.807) is 13.8 Å². The molecule has 0 fully saturated rings. The zero-order valence-electron chi connectivity index (χ0n) is 25.4. The van der Waals surface area contributed by atoms with E-state index in [-0.39, 0.29) is 63.6 Å². The van der Waals surface area contributed by atoms with Gasteiger partial charge >= 0.3 is 35.8 Å². The van der Waals surface area contributed by atoms with E-state index in [2.05, 4.69) is 13.2 Å². The average molecular weight is 599 g/mol. The Morgan fingerprint density at radius 2 is 0.786 bits per heavy atom. The van der Waals surface area contributed by atoms with E-state index in [0.29, 0.717) is 25.7 Å². The zero-order chi connectivity index (χ0) is 31.9. The molecular formula is C30H46O12. The minimum absolute atomic E-state index is 0.0808. The van der Waals surface area contributed by atoms with E-state index >= 15 is 0 Å². The van der Waals surface area contributed by atoms with Crippen LogP contribution in [-0.2, 0) is 57.2 Å². The van der Waals surface area contributed by atoms with Crippen molar-refractivity contribution in [2.24, 2.45) is 11.8 Å². The standard InChI is InChI=1S/C30H46O12/c1-7-13-37-25(31)19-23(29(35)39-15-9-3)21(5)27(33)41-17-11-12-18-42-28(34)22(6)24(30(36)40-16-10-4)20-26(32)38-14-8-2/h23-24H,5-20H2,1-4H3. The Hall–Kier alpha value is -3.70. The lowest BCUT2D eigenvalue weighted by Gasteiger charge is -2.17. The Bertz CT molecular complexity index is 849. The monoisotopic (exact) mass is 598 g/mol. The van der Waals surface area contributed by atoms with Crippen LogP contribution in [0.1, 0.15) is 79.1 Å². The van der Waals surface area contributed by atoms with Crippen LogP contribution >= 0.6 is 0 Å². The number of hydrogen-bond acceptors (Lipinski definition) is 12. The van der Waals surface area contributed by atoms with E-state index in [4.69, 9.17) is 28.4 Å². The predicted octanol–water partition coefficient (Wildman–Crippen LogP) is 3.79. The molecule has 0 aromatic rings. The molecule has 0 amide bonds. The summed E-state index contributed by atoms with van der Waals surface area (Å²) in [6, 6.07) is 0. The molecule has 0 heterocycles. The summed E-state index contributed by atoms with van der Waals surface area (Å²) in [7, 11) is 0. The molecule has 238 valence electrons. The first-order valence-corrected chi connectivity index (χ1v) is 14.4. The number of carbonyl (C=O) groups is 6. The minimum Gasteiger partial charge on any atom is -0.466 e. The highest BCUT2D eigenvalue weighted by Gasteiger charge is 2.32. The molecule has 42 heavy (non-hydrogen) atoms. The number of unbranched alkanes of at least 4 members (excludes halogenated alkanes) is 1. The number of rotatable bonds is 23. The molecule has 12 heteroatoms. The molecule has 0 radical (unpaired) electrons. The molecule has 2 atom stereocenters. The van der Waals surface area contributed by atoms with Gasteiger partial charge in [0.2, 0.25) is 0 Å². The summed E-state index contributed by atoms with van der Waals surface area (Å²) < 4.78 is 30.5. The summed E-state index contributed by atoms with van der Waals surface area (Å²) >= 11 is 0. The lowest BCUT2D eigenvalue weighted by molar-refractivity contribution is -0.155. The maximum atomic E-state index is 12.5. The minimum atomic E-state index is -1.24. The third-order valence-electron chi connectivity index (χ3n) is 5.51. The van der Waals surface area contributed by atoms with Crippen LogP contribution in [0.25, 0.3) is 0 Å². The van der Waals surface area contributed by atoms with Crippen LogP contribution < -0.4 is 0 Å². The topological polar surface area (TPSA) is 158 Å². The summed E-state index contributed by atoms with van der Waals surface area (Å²) in [4.78, 5) is 74.0. The molecule has 0 bridgehead atoms. The van der Waals surface area contributed by atoms with Crippen molar-refractivity contribution in [3.63, 3.8) is 0 Å². The maximum absolute atomic E-state index is 12.5.